The Morgan fingerprint density at radius 1 is 0.700 bits per heavy atom. The van der Waals surface area contributed by atoms with Crippen molar-refractivity contribution in [1.82, 2.24) is 4.98 Å². The third kappa shape index (κ3) is 1.64. The monoisotopic (exact) mass is 257 g/mol. The van der Waals surface area contributed by atoms with Gasteiger partial charge in [0.15, 0.2) is 0 Å². The summed E-state index contributed by atoms with van der Waals surface area (Å²) in [5.41, 5.74) is 6.26. The van der Waals surface area contributed by atoms with Crippen molar-refractivity contribution >= 4 is 21.8 Å². The highest BCUT2D eigenvalue weighted by Crippen LogP contribution is 2.31. The van der Waals surface area contributed by atoms with Crippen molar-refractivity contribution in [2.75, 3.05) is 0 Å². The van der Waals surface area contributed by atoms with E-state index in [-0.39, 0.29) is 0 Å². The largest absolute Gasteiger partial charge is 0.355 e. The van der Waals surface area contributed by atoms with Gasteiger partial charge in [0.1, 0.15) is 0 Å². The van der Waals surface area contributed by atoms with Crippen LogP contribution >= 0.6 is 0 Å². The second kappa shape index (κ2) is 4.24. The minimum Gasteiger partial charge on any atom is -0.355 e. The predicted octanol–water partition coefficient (Wildman–Crippen LogP) is 5.30. The first-order chi connectivity index (χ1) is 9.83. The van der Waals surface area contributed by atoms with Gasteiger partial charge in [-0.3, -0.25) is 0 Å². The summed E-state index contributed by atoms with van der Waals surface area (Å²) in [7, 11) is 0. The highest BCUT2D eigenvalue weighted by molar-refractivity contribution is 6.10. The lowest BCUT2D eigenvalue weighted by molar-refractivity contribution is 1.51. The molecule has 0 bridgehead atoms. The summed E-state index contributed by atoms with van der Waals surface area (Å²) < 4.78 is 0. The maximum atomic E-state index is 3.50. The van der Waals surface area contributed by atoms with E-state index in [1.807, 2.05) is 0 Å². The van der Waals surface area contributed by atoms with Crippen LogP contribution in [0, 0.1) is 6.92 Å². The average Bonchev–Trinajstić information content (AvgIpc) is 2.87. The zero-order valence-corrected chi connectivity index (χ0v) is 11.4. The molecule has 0 aliphatic carbocycles. The fourth-order valence-electron chi connectivity index (χ4n) is 2.94. The molecule has 1 nitrogen and oxygen atoms in total. The molecular weight excluding hydrogens is 242 g/mol. The van der Waals surface area contributed by atoms with E-state index in [1.165, 1.54) is 38.5 Å². The maximum Gasteiger partial charge on any atom is 0.0467 e. The number of hydrogen-bond donors (Lipinski definition) is 1. The molecule has 0 aliphatic rings. The van der Waals surface area contributed by atoms with Crippen LogP contribution in [-0.4, -0.2) is 4.98 Å². The van der Waals surface area contributed by atoms with Crippen LogP contribution in [0.2, 0.25) is 0 Å². The Labute approximate surface area is 117 Å². The summed E-state index contributed by atoms with van der Waals surface area (Å²) in [4.78, 5) is 3.50. The van der Waals surface area contributed by atoms with Gasteiger partial charge in [-0.05, 0) is 41.8 Å². The lowest BCUT2D eigenvalue weighted by atomic mass is 10.0. The fraction of sp³-hybridized carbons (Fsp3) is 0.0526. The lowest BCUT2D eigenvalue weighted by Gasteiger charge is -2.02. The van der Waals surface area contributed by atoms with Crippen molar-refractivity contribution in [3.05, 3.63) is 72.3 Å². The van der Waals surface area contributed by atoms with Gasteiger partial charge in [-0.25, -0.2) is 0 Å². The van der Waals surface area contributed by atoms with Gasteiger partial charge >= 0.3 is 0 Å². The van der Waals surface area contributed by atoms with Gasteiger partial charge in [0.05, 0.1) is 0 Å². The highest BCUT2D eigenvalue weighted by atomic mass is 14.7. The second-order valence-electron chi connectivity index (χ2n) is 5.25. The van der Waals surface area contributed by atoms with E-state index >= 15 is 0 Å². The molecule has 0 unspecified atom stereocenters. The van der Waals surface area contributed by atoms with Crippen LogP contribution in [0.4, 0.5) is 0 Å². The fourth-order valence-corrected chi connectivity index (χ4v) is 2.94. The maximum absolute atomic E-state index is 3.50. The Morgan fingerprint density at radius 2 is 1.55 bits per heavy atom. The Bertz CT molecular complexity index is 901. The van der Waals surface area contributed by atoms with Gasteiger partial charge in [0.2, 0.25) is 0 Å². The van der Waals surface area contributed by atoms with E-state index < -0.39 is 0 Å². The normalized spacial score (nSPS) is 11.2. The Morgan fingerprint density at radius 3 is 2.40 bits per heavy atom. The molecule has 0 spiro atoms. The molecule has 4 aromatic rings. The third-order valence-electron chi connectivity index (χ3n) is 3.94. The van der Waals surface area contributed by atoms with Gasteiger partial charge in [-0.1, -0.05) is 48.5 Å². The first-order valence-corrected chi connectivity index (χ1v) is 6.89. The number of benzene rings is 3. The summed E-state index contributed by atoms with van der Waals surface area (Å²) >= 11 is 0. The Hall–Kier alpha value is -2.54. The molecule has 20 heavy (non-hydrogen) atoms. The van der Waals surface area contributed by atoms with Crippen molar-refractivity contribution in [3.63, 3.8) is 0 Å². The molecule has 0 saturated heterocycles. The van der Waals surface area contributed by atoms with E-state index in [4.69, 9.17) is 0 Å². The SMILES string of the molecule is Cc1cccc2[nH]c3ccc(-c4ccccc4)cc3c12. The van der Waals surface area contributed by atoms with Gasteiger partial charge in [0, 0.05) is 21.8 Å². The molecule has 0 atom stereocenters. The van der Waals surface area contributed by atoms with E-state index in [9.17, 15) is 0 Å². The minimum absolute atomic E-state index is 1.20. The Kier molecular flexibility index (Phi) is 2.40. The molecule has 0 amide bonds. The number of rotatable bonds is 1. The van der Waals surface area contributed by atoms with Crippen LogP contribution in [0.5, 0.6) is 0 Å². The molecule has 1 heterocycles. The van der Waals surface area contributed by atoms with Crippen molar-refractivity contribution in [3.8, 4) is 11.1 Å². The summed E-state index contributed by atoms with van der Waals surface area (Å²) in [5, 5.41) is 2.64. The van der Waals surface area contributed by atoms with E-state index in [2.05, 4.69) is 78.6 Å². The van der Waals surface area contributed by atoms with Crippen molar-refractivity contribution in [2.45, 2.75) is 6.92 Å². The molecular formula is C19H15N. The molecule has 3 aromatic carbocycles. The van der Waals surface area contributed by atoms with E-state index in [0.717, 1.165) is 0 Å². The molecule has 0 saturated carbocycles. The first kappa shape index (κ1) is 11.3. The van der Waals surface area contributed by atoms with Crippen LogP contribution in [0.25, 0.3) is 32.9 Å². The summed E-state index contributed by atoms with van der Waals surface area (Å²) in [6, 6.07) is 23.6. The number of nitrogens with one attached hydrogen (secondary N) is 1. The zero-order chi connectivity index (χ0) is 13.5. The molecule has 0 fully saturated rings. The lowest BCUT2D eigenvalue weighted by Crippen LogP contribution is -1.78. The summed E-state index contributed by atoms with van der Waals surface area (Å²) in [6.07, 6.45) is 0. The molecule has 1 N–H and O–H groups in total. The van der Waals surface area contributed by atoms with Gasteiger partial charge in [0.25, 0.3) is 0 Å². The quantitative estimate of drug-likeness (QED) is 0.476. The smallest absolute Gasteiger partial charge is 0.0467 e. The molecule has 1 aromatic heterocycles. The van der Waals surface area contributed by atoms with Crippen LogP contribution in [0.1, 0.15) is 5.56 Å². The van der Waals surface area contributed by atoms with E-state index in [1.54, 1.807) is 0 Å². The number of aromatic amines is 1. The van der Waals surface area contributed by atoms with E-state index in [0.29, 0.717) is 0 Å². The number of fused-ring (bicyclic) bond motifs is 3. The average molecular weight is 257 g/mol. The molecule has 1 heteroatoms. The second-order valence-corrected chi connectivity index (χ2v) is 5.25. The van der Waals surface area contributed by atoms with Gasteiger partial charge in [-0.15, -0.1) is 0 Å². The third-order valence-corrected chi connectivity index (χ3v) is 3.94. The topological polar surface area (TPSA) is 15.8 Å². The number of H-pyrrole nitrogens is 1. The highest BCUT2D eigenvalue weighted by Gasteiger charge is 2.07. The predicted molar refractivity (Wildman–Crippen MR) is 86.0 cm³/mol. The van der Waals surface area contributed by atoms with Crippen LogP contribution in [-0.2, 0) is 0 Å². The number of aryl methyl sites for hydroxylation is 1. The summed E-state index contributed by atoms with van der Waals surface area (Å²) in [5.74, 6) is 0. The van der Waals surface area contributed by atoms with Crippen LogP contribution < -0.4 is 0 Å². The minimum atomic E-state index is 1.20. The first-order valence-electron chi connectivity index (χ1n) is 6.89. The standard InChI is InChI=1S/C19H15N/c1-13-6-5-9-18-19(13)16-12-15(10-11-17(16)20-18)14-7-3-2-4-8-14/h2-12,20H,1H3. The van der Waals surface area contributed by atoms with Crippen molar-refractivity contribution in [2.24, 2.45) is 0 Å². The van der Waals surface area contributed by atoms with Crippen molar-refractivity contribution in [1.29, 1.82) is 0 Å². The zero-order valence-electron chi connectivity index (χ0n) is 11.4. The number of aromatic nitrogens is 1. The molecule has 4 rings (SSSR count). The van der Waals surface area contributed by atoms with Crippen LogP contribution in [0.15, 0.2) is 66.7 Å². The molecule has 0 radical (unpaired) electrons. The Balaban J connectivity index is 2.06. The molecule has 96 valence electrons. The number of hydrogen-bond acceptors (Lipinski definition) is 0. The molecule has 0 aliphatic heterocycles. The van der Waals surface area contributed by atoms with Gasteiger partial charge < -0.3 is 4.98 Å². The van der Waals surface area contributed by atoms with Crippen molar-refractivity contribution < 1.29 is 0 Å². The van der Waals surface area contributed by atoms with Crippen LogP contribution in [0.3, 0.4) is 0 Å². The summed E-state index contributed by atoms with van der Waals surface area (Å²) in [6.45, 7) is 2.17. The van der Waals surface area contributed by atoms with Gasteiger partial charge in [-0.2, -0.15) is 0 Å².